The summed E-state index contributed by atoms with van der Waals surface area (Å²) in [6.07, 6.45) is 3.48. The summed E-state index contributed by atoms with van der Waals surface area (Å²) in [7, 11) is -0.772. The molecule has 0 amide bonds. The number of anilines is 1. The third-order valence-corrected chi connectivity index (χ3v) is 8.28. The number of unbranched alkanes of at least 4 members (excludes halogenated alkanes) is 1. The first-order valence-corrected chi connectivity index (χ1v) is 12.3. The summed E-state index contributed by atoms with van der Waals surface area (Å²) in [6, 6.07) is 5.22. The molecule has 2 aliphatic rings. The number of rotatable bonds is 8. The number of para-hydroxylation sites is 1. The Morgan fingerprint density at radius 3 is 2.29 bits per heavy atom. The van der Waals surface area contributed by atoms with Crippen LogP contribution in [-0.4, -0.2) is 56.6 Å². The number of methoxy groups -OCH3 is 2. The molecular weight excluding hydrogens is 420 g/mol. The Kier molecular flexibility index (Phi) is 7.48. The van der Waals surface area contributed by atoms with Crippen LogP contribution in [0.1, 0.15) is 51.9 Å². The van der Waals surface area contributed by atoms with Gasteiger partial charge in [0.25, 0.3) is 0 Å². The zero-order chi connectivity index (χ0) is 22.6. The second-order valence-electron chi connectivity index (χ2n) is 7.90. The van der Waals surface area contributed by atoms with Crippen LogP contribution >= 0.6 is 0 Å². The number of amidine groups is 1. The van der Waals surface area contributed by atoms with Gasteiger partial charge in [-0.3, -0.25) is 9.89 Å². The Labute approximate surface area is 184 Å². The molecule has 0 atom stereocenters. The highest BCUT2D eigenvalue weighted by Gasteiger charge is 2.39. The molecule has 0 spiro atoms. The van der Waals surface area contributed by atoms with E-state index in [1.165, 1.54) is 19.1 Å². The van der Waals surface area contributed by atoms with E-state index >= 15 is 0 Å². The van der Waals surface area contributed by atoms with E-state index in [0.29, 0.717) is 55.1 Å². The van der Waals surface area contributed by atoms with Gasteiger partial charge >= 0.3 is 0 Å². The van der Waals surface area contributed by atoms with E-state index in [2.05, 4.69) is 11.9 Å². The van der Waals surface area contributed by atoms with Crippen LogP contribution in [0.25, 0.3) is 0 Å². The highest BCUT2D eigenvalue weighted by molar-refractivity contribution is 7.95. The van der Waals surface area contributed by atoms with Gasteiger partial charge in [0, 0.05) is 6.42 Å². The van der Waals surface area contributed by atoms with Gasteiger partial charge in [-0.05, 0) is 44.2 Å². The van der Waals surface area contributed by atoms with Crippen LogP contribution < -0.4 is 14.4 Å². The summed E-state index contributed by atoms with van der Waals surface area (Å²) in [6.45, 7) is 1.96. The molecule has 1 aliphatic heterocycles. The molecule has 31 heavy (non-hydrogen) atoms. The Morgan fingerprint density at radius 2 is 1.74 bits per heavy atom. The molecule has 172 valence electrons. The SMILES string of the molecule is CCCCC1=NCC(S(=O)(=O)[C@H]2CC[C@H](O)CC2)=C(O)N1c1c(OC)cccc1OC. The first kappa shape index (κ1) is 23.4. The molecule has 1 aromatic carbocycles. The lowest BCUT2D eigenvalue weighted by atomic mass is 9.97. The smallest absolute Gasteiger partial charge is 0.214 e. The summed E-state index contributed by atoms with van der Waals surface area (Å²) >= 11 is 0. The maximum absolute atomic E-state index is 13.4. The zero-order valence-corrected chi connectivity index (χ0v) is 19.2. The van der Waals surface area contributed by atoms with Gasteiger partial charge in [0.2, 0.25) is 5.88 Å². The van der Waals surface area contributed by atoms with Crippen LogP contribution in [0, 0.1) is 0 Å². The van der Waals surface area contributed by atoms with Crippen LogP contribution in [0.3, 0.4) is 0 Å². The molecular formula is C22H32N2O6S. The first-order valence-electron chi connectivity index (χ1n) is 10.7. The van der Waals surface area contributed by atoms with Crippen LogP contribution in [0.15, 0.2) is 34.0 Å². The number of aliphatic imine (C=N–C) groups is 1. The van der Waals surface area contributed by atoms with Crippen molar-refractivity contribution >= 4 is 21.4 Å². The molecule has 1 aromatic rings. The number of hydrogen-bond donors (Lipinski definition) is 2. The van der Waals surface area contributed by atoms with E-state index in [9.17, 15) is 18.6 Å². The normalized spacial score (nSPS) is 22.3. The van der Waals surface area contributed by atoms with E-state index in [1.54, 1.807) is 18.2 Å². The molecule has 0 radical (unpaired) electrons. The van der Waals surface area contributed by atoms with E-state index < -0.39 is 21.2 Å². The Balaban J connectivity index is 2.10. The van der Waals surface area contributed by atoms with Gasteiger partial charge in [-0.25, -0.2) is 8.42 Å². The number of nitrogens with zero attached hydrogens (tertiary/aromatic N) is 2. The standard InChI is InChI=1S/C22H32N2O6S/c1-4-5-9-20-23-14-19(31(27,28)16-12-10-15(25)11-13-16)22(26)24(20)21-17(29-2)7-6-8-18(21)30-3/h6-8,15-16,25-26H,4-5,9-14H2,1-3H3/t15-,16-. The molecule has 2 N–H and O–H groups in total. The molecule has 0 unspecified atom stereocenters. The van der Waals surface area contributed by atoms with Gasteiger partial charge in [-0.1, -0.05) is 19.4 Å². The van der Waals surface area contributed by atoms with Gasteiger partial charge in [0.15, 0.2) is 9.84 Å². The third-order valence-electron chi connectivity index (χ3n) is 5.93. The van der Waals surface area contributed by atoms with E-state index in [-0.39, 0.29) is 17.3 Å². The van der Waals surface area contributed by atoms with Gasteiger partial charge in [0.05, 0.1) is 32.1 Å². The summed E-state index contributed by atoms with van der Waals surface area (Å²) < 4.78 is 37.8. The monoisotopic (exact) mass is 452 g/mol. The second-order valence-corrected chi connectivity index (χ2v) is 10.2. The number of aliphatic hydroxyl groups is 2. The number of hydrogen-bond acceptors (Lipinski definition) is 8. The van der Waals surface area contributed by atoms with Crippen molar-refractivity contribution in [2.24, 2.45) is 4.99 Å². The summed E-state index contributed by atoms with van der Waals surface area (Å²) in [5.74, 6) is 1.10. The van der Waals surface area contributed by atoms with Crippen LogP contribution in [0.2, 0.25) is 0 Å². The van der Waals surface area contributed by atoms with Gasteiger partial charge in [-0.15, -0.1) is 0 Å². The lowest BCUT2D eigenvalue weighted by Crippen LogP contribution is -2.39. The molecule has 9 heteroatoms. The highest BCUT2D eigenvalue weighted by Crippen LogP contribution is 2.42. The first-order chi connectivity index (χ1) is 14.8. The minimum Gasteiger partial charge on any atom is -0.494 e. The summed E-state index contributed by atoms with van der Waals surface area (Å²) in [4.78, 5) is 5.93. The molecule has 0 bridgehead atoms. The lowest BCUT2D eigenvalue weighted by molar-refractivity contribution is 0.131. The van der Waals surface area contributed by atoms with Crippen LogP contribution in [-0.2, 0) is 9.84 Å². The number of sulfone groups is 1. The topological polar surface area (TPSA) is 109 Å². The predicted octanol–water partition coefficient (Wildman–Crippen LogP) is 3.56. The minimum absolute atomic E-state index is 0.0953. The van der Waals surface area contributed by atoms with E-state index in [0.717, 1.165) is 12.8 Å². The van der Waals surface area contributed by atoms with Gasteiger partial charge in [-0.2, -0.15) is 0 Å². The van der Waals surface area contributed by atoms with E-state index in [1.807, 2.05) is 0 Å². The maximum atomic E-state index is 13.4. The fourth-order valence-corrected chi connectivity index (χ4v) is 6.02. The van der Waals surface area contributed by atoms with Crippen molar-refractivity contribution in [3.8, 4) is 11.5 Å². The molecule has 3 rings (SSSR count). The molecule has 1 fully saturated rings. The molecule has 1 heterocycles. The van der Waals surface area contributed by atoms with Crippen LogP contribution in [0.4, 0.5) is 5.69 Å². The van der Waals surface area contributed by atoms with E-state index in [4.69, 9.17) is 9.47 Å². The van der Waals surface area contributed by atoms with Crippen molar-refractivity contribution < 1.29 is 28.1 Å². The second kappa shape index (κ2) is 9.91. The Morgan fingerprint density at radius 1 is 1.13 bits per heavy atom. The Bertz CT molecular complexity index is 926. The van der Waals surface area contributed by atoms with Crippen molar-refractivity contribution in [3.63, 3.8) is 0 Å². The fourth-order valence-electron chi connectivity index (χ4n) is 4.14. The van der Waals surface area contributed by atoms with Gasteiger partial charge < -0.3 is 19.7 Å². The fraction of sp³-hybridized carbons (Fsp3) is 0.591. The Hall–Kier alpha value is -2.26. The van der Waals surface area contributed by atoms with Crippen molar-refractivity contribution in [2.45, 2.75) is 63.2 Å². The minimum atomic E-state index is -3.79. The average Bonchev–Trinajstić information content (AvgIpc) is 2.77. The third kappa shape index (κ3) is 4.67. The maximum Gasteiger partial charge on any atom is 0.214 e. The van der Waals surface area contributed by atoms with Gasteiger partial charge in [0.1, 0.15) is 27.9 Å². The quantitative estimate of drug-likeness (QED) is 0.621. The van der Waals surface area contributed by atoms with Crippen molar-refractivity contribution in [1.29, 1.82) is 0 Å². The largest absolute Gasteiger partial charge is 0.494 e. The number of benzene rings is 1. The summed E-state index contributed by atoms with van der Waals surface area (Å²) in [5.41, 5.74) is 0.423. The predicted molar refractivity (Wildman–Crippen MR) is 121 cm³/mol. The molecule has 0 aromatic heterocycles. The number of ether oxygens (including phenoxy) is 2. The van der Waals surface area contributed by atoms with Crippen molar-refractivity contribution in [3.05, 3.63) is 29.0 Å². The highest BCUT2D eigenvalue weighted by atomic mass is 32.2. The lowest BCUT2D eigenvalue weighted by Gasteiger charge is -2.33. The molecule has 1 aliphatic carbocycles. The van der Waals surface area contributed by atoms with Crippen LogP contribution in [0.5, 0.6) is 11.5 Å². The van der Waals surface area contributed by atoms with Crippen molar-refractivity contribution in [1.82, 2.24) is 0 Å². The molecule has 0 saturated heterocycles. The number of aliphatic hydroxyl groups excluding tert-OH is 2. The molecule has 1 saturated carbocycles. The average molecular weight is 453 g/mol. The van der Waals surface area contributed by atoms with Crippen molar-refractivity contribution in [2.75, 3.05) is 25.7 Å². The zero-order valence-electron chi connectivity index (χ0n) is 18.4. The summed E-state index contributed by atoms with van der Waals surface area (Å²) in [5, 5.41) is 20.4. The molecule has 8 nitrogen and oxygen atoms in total.